The number of allylic oxidation sites excluding steroid dienone is 2. The van der Waals surface area contributed by atoms with Gasteiger partial charge < -0.3 is 4.90 Å². The molecule has 2 atom stereocenters. The highest BCUT2D eigenvalue weighted by Gasteiger charge is 2.37. The molecule has 98 valence electrons. The molecule has 0 aromatic heterocycles. The summed E-state index contributed by atoms with van der Waals surface area (Å²) in [6.45, 7) is 0. The molecule has 1 aliphatic heterocycles. The van der Waals surface area contributed by atoms with E-state index >= 15 is 0 Å². The number of fused-ring (bicyclic) bond motifs is 3. The van der Waals surface area contributed by atoms with Gasteiger partial charge in [0.05, 0.1) is 6.04 Å². The van der Waals surface area contributed by atoms with Gasteiger partial charge in [-0.2, -0.15) is 0 Å². The van der Waals surface area contributed by atoms with Gasteiger partial charge in [-0.1, -0.05) is 58.4 Å². The SMILES string of the molecule is Brc1ccc2c(c1)C1C=CC=CC1N2c1ccccc1. The van der Waals surface area contributed by atoms with Crippen LogP contribution in [0.4, 0.5) is 11.4 Å². The maximum absolute atomic E-state index is 3.60. The summed E-state index contributed by atoms with van der Waals surface area (Å²) < 4.78 is 1.15. The molecule has 0 saturated heterocycles. The van der Waals surface area contributed by atoms with E-state index in [0.717, 1.165) is 4.47 Å². The third-order valence-electron chi connectivity index (χ3n) is 4.05. The minimum absolute atomic E-state index is 0.381. The van der Waals surface area contributed by atoms with Crippen molar-refractivity contribution in [2.75, 3.05) is 4.90 Å². The van der Waals surface area contributed by atoms with E-state index in [1.165, 1.54) is 16.9 Å². The molecule has 0 amide bonds. The fourth-order valence-electron chi connectivity index (χ4n) is 3.20. The van der Waals surface area contributed by atoms with Crippen LogP contribution in [0.5, 0.6) is 0 Å². The average Bonchev–Trinajstić information content (AvgIpc) is 2.82. The highest BCUT2D eigenvalue weighted by Crippen LogP contribution is 2.48. The van der Waals surface area contributed by atoms with Crippen LogP contribution in [0.15, 0.2) is 77.3 Å². The molecule has 2 heteroatoms. The van der Waals surface area contributed by atoms with Gasteiger partial charge in [0.15, 0.2) is 0 Å². The lowest BCUT2D eigenvalue weighted by molar-refractivity contribution is 0.744. The molecular formula is C18H14BrN. The molecule has 2 aromatic rings. The summed E-state index contributed by atoms with van der Waals surface area (Å²) in [5, 5.41) is 0. The van der Waals surface area contributed by atoms with Gasteiger partial charge in [-0.3, -0.25) is 0 Å². The summed E-state index contributed by atoms with van der Waals surface area (Å²) in [6.07, 6.45) is 8.91. The van der Waals surface area contributed by atoms with Gasteiger partial charge in [0.1, 0.15) is 0 Å². The first-order valence-corrected chi connectivity index (χ1v) is 7.62. The lowest BCUT2D eigenvalue weighted by Crippen LogP contribution is -2.28. The molecule has 0 N–H and O–H groups in total. The topological polar surface area (TPSA) is 3.24 Å². The highest BCUT2D eigenvalue weighted by atomic mass is 79.9. The Morgan fingerprint density at radius 1 is 0.900 bits per heavy atom. The van der Waals surface area contributed by atoms with Crippen LogP contribution in [-0.4, -0.2) is 6.04 Å². The Balaban J connectivity index is 1.91. The molecule has 0 fully saturated rings. The lowest BCUT2D eigenvalue weighted by Gasteiger charge is -2.28. The first-order valence-electron chi connectivity index (χ1n) is 6.83. The summed E-state index contributed by atoms with van der Waals surface area (Å²) >= 11 is 3.60. The summed E-state index contributed by atoms with van der Waals surface area (Å²) in [5.74, 6) is 0.438. The van der Waals surface area contributed by atoms with E-state index in [2.05, 4.69) is 93.7 Å². The molecule has 1 aliphatic carbocycles. The Labute approximate surface area is 127 Å². The normalized spacial score (nSPS) is 22.8. The van der Waals surface area contributed by atoms with Gasteiger partial charge in [0.2, 0.25) is 0 Å². The quantitative estimate of drug-likeness (QED) is 0.699. The molecule has 4 rings (SSSR count). The zero-order valence-corrected chi connectivity index (χ0v) is 12.5. The third-order valence-corrected chi connectivity index (χ3v) is 4.54. The van der Waals surface area contributed by atoms with E-state index < -0.39 is 0 Å². The van der Waals surface area contributed by atoms with Crippen molar-refractivity contribution >= 4 is 27.3 Å². The average molecular weight is 324 g/mol. The molecule has 2 aromatic carbocycles. The van der Waals surface area contributed by atoms with Crippen molar-refractivity contribution < 1.29 is 0 Å². The van der Waals surface area contributed by atoms with E-state index in [9.17, 15) is 0 Å². The molecule has 0 radical (unpaired) electrons. The Bertz CT molecular complexity index is 703. The standard InChI is InChI=1S/C18H14BrN/c19-13-10-11-18-16(12-13)15-8-4-5-9-17(15)20(18)14-6-2-1-3-7-14/h1-12,15,17H. The number of para-hydroxylation sites is 1. The number of rotatable bonds is 1. The molecular weight excluding hydrogens is 310 g/mol. The van der Waals surface area contributed by atoms with Crippen LogP contribution in [0.1, 0.15) is 11.5 Å². The summed E-state index contributed by atoms with van der Waals surface area (Å²) in [4.78, 5) is 2.44. The van der Waals surface area contributed by atoms with Crippen molar-refractivity contribution in [1.82, 2.24) is 0 Å². The van der Waals surface area contributed by atoms with Crippen LogP contribution in [-0.2, 0) is 0 Å². The van der Waals surface area contributed by atoms with E-state index in [1.54, 1.807) is 0 Å². The second-order valence-corrected chi connectivity index (χ2v) is 6.11. The van der Waals surface area contributed by atoms with Gasteiger partial charge in [-0.15, -0.1) is 0 Å². The monoisotopic (exact) mass is 323 g/mol. The second kappa shape index (κ2) is 4.64. The fraction of sp³-hybridized carbons (Fsp3) is 0.111. The minimum atomic E-state index is 0.381. The number of hydrogen-bond donors (Lipinski definition) is 0. The highest BCUT2D eigenvalue weighted by molar-refractivity contribution is 9.10. The van der Waals surface area contributed by atoms with Crippen molar-refractivity contribution in [1.29, 1.82) is 0 Å². The second-order valence-electron chi connectivity index (χ2n) is 5.19. The minimum Gasteiger partial charge on any atom is -0.333 e. The molecule has 2 aliphatic rings. The van der Waals surface area contributed by atoms with Crippen molar-refractivity contribution in [3.8, 4) is 0 Å². The van der Waals surface area contributed by atoms with Crippen molar-refractivity contribution in [3.05, 3.63) is 82.9 Å². The third kappa shape index (κ3) is 1.75. The van der Waals surface area contributed by atoms with Crippen LogP contribution in [0.3, 0.4) is 0 Å². The van der Waals surface area contributed by atoms with Crippen molar-refractivity contribution in [3.63, 3.8) is 0 Å². The summed E-state index contributed by atoms with van der Waals surface area (Å²) in [7, 11) is 0. The van der Waals surface area contributed by atoms with Crippen LogP contribution in [0, 0.1) is 0 Å². The lowest BCUT2D eigenvalue weighted by atomic mass is 9.91. The number of benzene rings is 2. The fourth-order valence-corrected chi connectivity index (χ4v) is 3.58. The number of anilines is 2. The summed E-state index contributed by atoms with van der Waals surface area (Å²) in [6, 6.07) is 17.6. The first-order chi connectivity index (χ1) is 9.84. The predicted molar refractivity (Wildman–Crippen MR) is 87.5 cm³/mol. The maximum atomic E-state index is 3.60. The van der Waals surface area contributed by atoms with Crippen LogP contribution in [0.2, 0.25) is 0 Å². The predicted octanol–water partition coefficient (Wildman–Crippen LogP) is 5.18. The van der Waals surface area contributed by atoms with E-state index in [1.807, 2.05) is 0 Å². The first kappa shape index (κ1) is 12.0. The van der Waals surface area contributed by atoms with Gasteiger partial charge in [0, 0.05) is 21.8 Å². The van der Waals surface area contributed by atoms with Gasteiger partial charge in [-0.25, -0.2) is 0 Å². The van der Waals surface area contributed by atoms with E-state index in [-0.39, 0.29) is 0 Å². The zero-order chi connectivity index (χ0) is 13.5. The van der Waals surface area contributed by atoms with Crippen LogP contribution in [0.25, 0.3) is 0 Å². The van der Waals surface area contributed by atoms with E-state index in [4.69, 9.17) is 0 Å². The largest absolute Gasteiger partial charge is 0.333 e. The Kier molecular flexibility index (Phi) is 2.78. The zero-order valence-electron chi connectivity index (χ0n) is 10.9. The summed E-state index contributed by atoms with van der Waals surface area (Å²) in [5.41, 5.74) is 3.96. The van der Waals surface area contributed by atoms with Crippen LogP contribution < -0.4 is 4.90 Å². The molecule has 1 heterocycles. The van der Waals surface area contributed by atoms with Crippen molar-refractivity contribution in [2.45, 2.75) is 12.0 Å². The maximum Gasteiger partial charge on any atom is 0.0629 e. The number of nitrogens with zero attached hydrogens (tertiary/aromatic N) is 1. The molecule has 2 unspecified atom stereocenters. The molecule has 0 saturated carbocycles. The molecule has 0 bridgehead atoms. The number of hydrogen-bond acceptors (Lipinski definition) is 1. The smallest absolute Gasteiger partial charge is 0.0629 e. The Morgan fingerprint density at radius 2 is 1.70 bits per heavy atom. The Morgan fingerprint density at radius 3 is 2.55 bits per heavy atom. The van der Waals surface area contributed by atoms with Gasteiger partial charge in [0.25, 0.3) is 0 Å². The van der Waals surface area contributed by atoms with Gasteiger partial charge in [-0.05, 0) is 35.9 Å². The molecule has 20 heavy (non-hydrogen) atoms. The Hall–Kier alpha value is -1.80. The van der Waals surface area contributed by atoms with Gasteiger partial charge >= 0.3 is 0 Å². The van der Waals surface area contributed by atoms with E-state index in [0.29, 0.717) is 12.0 Å². The molecule has 1 nitrogen and oxygen atoms in total. The molecule has 0 spiro atoms. The van der Waals surface area contributed by atoms with Crippen LogP contribution >= 0.6 is 15.9 Å². The van der Waals surface area contributed by atoms with Crippen molar-refractivity contribution in [2.24, 2.45) is 0 Å². The number of halogens is 1.